The number of carbonyl (C=O) groups excluding carboxylic acids is 1. The summed E-state index contributed by atoms with van der Waals surface area (Å²) in [6.45, 7) is 7.55. The number of aryl methyl sites for hydroxylation is 2. The molecule has 0 atom stereocenters. The van der Waals surface area contributed by atoms with E-state index < -0.39 is 10.0 Å². The molecule has 1 aromatic carbocycles. The lowest BCUT2D eigenvalue weighted by molar-refractivity contribution is -0.130. The second-order valence-corrected chi connectivity index (χ2v) is 8.72. The molecular formula is C18H28N2O4S. The molecule has 0 aromatic heterocycles. The third kappa shape index (κ3) is 4.73. The third-order valence-electron chi connectivity index (χ3n) is 4.80. The second-order valence-electron chi connectivity index (χ2n) is 6.46. The lowest BCUT2D eigenvalue weighted by Gasteiger charge is -2.22. The number of ether oxygens (including phenoxy) is 1. The minimum absolute atomic E-state index is 0.0114. The number of hydrogen-bond donors (Lipinski definition) is 0. The van der Waals surface area contributed by atoms with Crippen molar-refractivity contribution < 1.29 is 17.9 Å². The Labute approximate surface area is 150 Å². The van der Waals surface area contributed by atoms with Crippen molar-refractivity contribution in [1.29, 1.82) is 0 Å². The average molecular weight is 368 g/mol. The molecule has 0 spiro atoms. The molecule has 1 aliphatic heterocycles. The number of amides is 1. The molecule has 0 unspecified atom stereocenters. The van der Waals surface area contributed by atoms with Gasteiger partial charge in [0.25, 0.3) is 0 Å². The van der Waals surface area contributed by atoms with E-state index in [9.17, 15) is 13.2 Å². The maximum atomic E-state index is 12.7. The van der Waals surface area contributed by atoms with Crippen LogP contribution >= 0.6 is 0 Å². The smallest absolute Gasteiger partial charge is 0.227 e. The summed E-state index contributed by atoms with van der Waals surface area (Å²) < 4.78 is 31.0. The van der Waals surface area contributed by atoms with Crippen LogP contribution in [0.3, 0.4) is 0 Å². The number of sulfonamides is 1. The molecule has 2 rings (SSSR count). The number of rotatable bonds is 5. The molecule has 140 valence electrons. The molecule has 1 amide bonds. The van der Waals surface area contributed by atoms with Crippen LogP contribution in [0.5, 0.6) is 5.75 Å². The largest absolute Gasteiger partial charge is 0.496 e. The summed E-state index contributed by atoms with van der Waals surface area (Å²) in [5.74, 6) is 0.833. The predicted molar refractivity (Wildman–Crippen MR) is 98.4 cm³/mol. The third-order valence-corrected chi connectivity index (χ3v) is 6.69. The fourth-order valence-corrected chi connectivity index (χ4v) is 4.19. The van der Waals surface area contributed by atoms with E-state index >= 15 is 0 Å². The van der Waals surface area contributed by atoms with Crippen LogP contribution in [0.25, 0.3) is 0 Å². The molecule has 0 aliphatic carbocycles. The van der Waals surface area contributed by atoms with Crippen LogP contribution in [-0.4, -0.2) is 62.6 Å². The molecule has 1 saturated heterocycles. The summed E-state index contributed by atoms with van der Waals surface area (Å²) in [5.41, 5.74) is 3.13. The molecule has 0 saturated carbocycles. The van der Waals surface area contributed by atoms with Crippen molar-refractivity contribution in [2.75, 3.05) is 39.0 Å². The number of methoxy groups -OCH3 is 1. The van der Waals surface area contributed by atoms with Crippen molar-refractivity contribution in [3.63, 3.8) is 0 Å². The molecule has 1 fully saturated rings. The molecule has 0 bridgehead atoms. The van der Waals surface area contributed by atoms with Gasteiger partial charge in [-0.1, -0.05) is 6.07 Å². The Kier molecular flexibility index (Phi) is 6.46. The first kappa shape index (κ1) is 19.7. The standard InChI is InChI=1S/C18H28N2O4S/c1-5-25(22,23)20-8-6-7-19(9-10-20)18(21)13-16-11-14(2)15(3)12-17(16)24-4/h11-12H,5-10,13H2,1-4H3. The molecule has 1 aliphatic rings. The summed E-state index contributed by atoms with van der Waals surface area (Å²) in [7, 11) is -1.59. The van der Waals surface area contributed by atoms with E-state index in [0.29, 0.717) is 32.6 Å². The van der Waals surface area contributed by atoms with Crippen molar-refractivity contribution in [2.45, 2.75) is 33.6 Å². The van der Waals surface area contributed by atoms with Crippen LogP contribution in [0.2, 0.25) is 0 Å². The molecule has 1 aromatic rings. The van der Waals surface area contributed by atoms with Crippen LogP contribution < -0.4 is 4.74 Å². The van der Waals surface area contributed by atoms with E-state index in [0.717, 1.165) is 22.4 Å². The zero-order valence-electron chi connectivity index (χ0n) is 15.5. The van der Waals surface area contributed by atoms with Gasteiger partial charge >= 0.3 is 0 Å². The Balaban J connectivity index is 2.08. The first-order chi connectivity index (χ1) is 11.8. The lowest BCUT2D eigenvalue weighted by atomic mass is 10.0. The van der Waals surface area contributed by atoms with Gasteiger partial charge in [0.2, 0.25) is 15.9 Å². The Morgan fingerprint density at radius 3 is 2.44 bits per heavy atom. The molecule has 1 heterocycles. The van der Waals surface area contributed by atoms with E-state index in [2.05, 4.69) is 0 Å². The first-order valence-electron chi connectivity index (χ1n) is 8.68. The van der Waals surface area contributed by atoms with Gasteiger partial charge in [-0.05, 0) is 44.4 Å². The summed E-state index contributed by atoms with van der Waals surface area (Å²) in [4.78, 5) is 14.5. The summed E-state index contributed by atoms with van der Waals surface area (Å²) in [5, 5.41) is 0. The molecule has 6 nitrogen and oxygen atoms in total. The number of carbonyl (C=O) groups is 1. The zero-order chi connectivity index (χ0) is 18.6. The van der Waals surface area contributed by atoms with E-state index in [1.807, 2.05) is 26.0 Å². The Bertz CT molecular complexity index is 731. The van der Waals surface area contributed by atoms with E-state index in [-0.39, 0.29) is 18.1 Å². The fraction of sp³-hybridized carbons (Fsp3) is 0.611. The fourth-order valence-electron chi connectivity index (χ4n) is 3.06. The topological polar surface area (TPSA) is 66.9 Å². The highest BCUT2D eigenvalue weighted by atomic mass is 32.2. The monoisotopic (exact) mass is 368 g/mol. The quantitative estimate of drug-likeness (QED) is 0.794. The van der Waals surface area contributed by atoms with Gasteiger partial charge in [-0.2, -0.15) is 0 Å². The van der Waals surface area contributed by atoms with Crippen LogP contribution in [0.1, 0.15) is 30.0 Å². The van der Waals surface area contributed by atoms with E-state index in [4.69, 9.17) is 4.74 Å². The van der Waals surface area contributed by atoms with E-state index in [1.54, 1.807) is 18.9 Å². The van der Waals surface area contributed by atoms with Crippen molar-refractivity contribution in [3.05, 3.63) is 28.8 Å². The average Bonchev–Trinajstić information content (AvgIpc) is 2.84. The van der Waals surface area contributed by atoms with Crippen molar-refractivity contribution in [1.82, 2.24) is 9.21 Å². The van der Waals surface area contributed by atoms with Crippen LogP contribution in [0.4, 0.5) is 0 Å². The van der Waals surface area contributed by atoms with Crippen LogP contribution in [0, 0.1) is 13.8 Å². The van der Waals surface area contributed by atoms with Crippen molar-refractivity contribution >= 4 is 15.9 Å². The Morgan fingerprint density at radius 2 is 1.80 bits per heavy atom. The minimum atomic E-state index is -3.20. The lowest BCUT2D eigenvalue weighted by Crippen LogP contribution is -2.38. The number of benzene rings is 1. The van der Waals surface area contributed by atoms with Gasteiger partial charge in [0.1, 0.15) is 5.75 Å². The highest BCUT2D eigenvalue weighted by Gasteiger charge is 2.26. The summed E-state index contributed by atoms with van der Waals surface area (Å²) >= 11 is 0. The maximum absolute atomic E-state index is 12.7. The van der Waals surface area contributed by atoms with E-state index in [1.165, 1.54) is 4.31 Å². The number of hydrogen-bond acceptors (Lipinski definition) is 4. The Hall–Kier alpha value is -1.60. The normalized spacial score (nSPS) is 16.6. The molecule has 0 radical (unpaired) electrons. The Morgan fingerprint density at radius 1 is 1.12 bits per heavy atom. The molecule has 0 N–H and O–H groups in total. The highest BCUT2D eigenvalue weighted by Crippen LogP contribution is 2.24. The molecular weight excluding hydrogens is 340 g/mol. The number of nitrogens with zero attached hydrogens (tertiary/aromatic N) is 2. The van der Waals surface area contributed by atoms with Gasteiger partial charge in [-0.15, -0.1) is 0 Å². The molecule has 25 heavy (non-hydrogen) atoms. The van der Waals surface area contributed by atoms with Gasteiger partial charge in [-0.3, -0.25) is 4.79 Å². The van der Waals surface area contributed by atoms with Crippen molar-refractivity contribution in [3.8, 4) is 5.75 Å². The van der Waals surface area contributed by atoms with Crippen molar-refractivity contribution in [2.24, 2.45) is 0 Å². The molecule has 7 heteroatoms. The zero-order valence-corrected chi connectivity index (χ0v) is 16.4. The van der Waals surface area contributed by atoms with Gasteiger partial charge < -0.3 is 9.64 Å². The predicted octanol–water partition coefficient (Wildman–Crippen LogP) is 1.74. The van der Waals surface area contributed by atoms with Crippen LogP contribution in [0.15, 0.2) is 12.1 Å². The maximum Gasteiger partial charge on any atom is 0.227 e. The van der Waals surface area contributed by atoms with Gasteiger partial charge in [0.05, 0.1) is 19.3 Å². The highest BCUT2D eigenvalue weighted by molar-refractivity contribution is 7.89. The second kappa shape index (κ2) is 8.19. The minimum Gasteiger partial charge on any atom is -0.496 e. The first-order valence-corrected chi connectivity index (χ1v) is 10.3. The van der Waals surface area contributed by atoms with Gasteiger partial charge in [-0.25, -0.2) is 12.7 Å². The van der Waals surface area contributed by atoms with Crippen LogP contribution in [-0.2, 0) is 21.2 Å². The summed E-state index contributed by atoms with van der Waals surface area (Å²) in [6, 6.07) is 3.95. The van der Waals surface area contributed by atoms with Gasteiger partial charge in [0, 0.05) is 31.7 Å². The van der Waals surface area contributed by atoms with Gasteiger partial charge in [0.15, 0.2) is 0 Å². The SMILES string of the molecule is CCS(=O)(=O)N1CCCN(C(=O)Cc2cc(C)c(C)cc2OC)CC1. The summed E-state index contributed by atoms with van der Waals surface area (Å²) in [6.07, 6.45) is 0.930.